The van der Waals surface area contributed by atoms with E-state index in [9.17, 15) is 9.18 Å². The van der Waals surface area contributed by atoms with E-state index in [-0.39, 0.29) is 23.4 Å². The Morgan fingerprint density at radius 3 is 2.95 bits per heavy atom. The van der Waals surface area contributed by atoms with Crippen LogP contribution in [0.2, 0.25) is 0 Å². The molecule has 1 aromatic rings. The van der Waals surface area contributed by atoms with Crippen molar-refractivity contribution in [2.24, 2.45) is 16.8 Å². The fourth-order valence-electron chi connectivity index (χ4n) is 2.62. The number of benzene rings is 1. The Morgan fingerprint density at radius 1 is 1.50 bits per heavy atom. The van der Waals surface area contributed by atoms with Gasteiger partial charge in [-0.2, -0.15) is 0 Å². The maximum atomic E-state index is 13.7. The normalized spacial score (nSPS) is 22.8. The molecule has 2 unspecified atom stereocenters. The molecule has 0 bridgehead atoms. The first-order valence-corrected chi connectivity index (χ1v) is 6.57. The van der Waals surface area contributed by atoms with Gasteiger partial charge >= 0.3 is 0 Å². The molecule has 1 aliphatic carbocycles. The highest BCUT2D eigenvalue weighted by atomic mass is 19.1. The molecule has 1 saturated carbocycles. The molecule has 108 valence electrons. The highest BCUT2D eigenvalue weighted by Crippen LogP contribution is 2.26. The summed E-state index contributed by atoms with van der Waals surface area (Å²) in [6.45, 7) is 1.80. The summed E-state index contributed by atoms with van der Waals surface area (Å²) in [5.41, 5.74) is 6.45. The summed E-state index contributed by atoms with van der Waals surface area (Å²) in [6.07, 6.45) is 2.36. The van der Waals surface area contributed by atoms with E-state index in [1.807, 2.05) is 0 Å². The first-order chi connectivity index (χ1) is 9.52. The lowest BCUT2D eigenvalue weighted by Crippen LogP contribution is -2.42. The SMILES string of the molecule is Cc1ccc(F)c(C(=O)NC2CCCC2C(N)=NO)c1. The largest absolute Gasteiger partial charge is 0.409 e. The van der Waals surface area contributed by atoms with E-state index < -0.39 is 11.7 Å². The summed E-state index contributed by atoms with van der Waals surface area (Å²) in [6, 6.07) is 4.18. The molecule has 0 saturated heterocycles. The third-order valence-electron chi connectivity index (χ3n) is 3.69. The maximum absolute atomic E-state index is 13.7. The van der Waals surface area contributed by atoms with Crippen LogP contribution in [0.15, 0.2) is 23.4 Å². The number of hydrogen-bond donors (Lipinski definition) is 3. The number of carbonyl (C=O) groups is 1. The van der Waals surface area contributed by atoms with Crippen LogP contribution in [0.5, 0.6) is 0 Å². The van der Waals surface area contributed by atoms with E-state index in [0.29, 0.717) is 0 Å². The molecule has 0 aromatic heterocycles. The number of nitrogens with one attached hydrogen (secondary N) is 1. The summed E-state index contributed by atoms with van der Waals surface area (Å²) in [5.74, 6) is -1.10. The molecule has 2 atom stereocenters. The standard InChI is InChI=1S/C14H18FN3O2/c1-8-5-6-11(15)10(7-8)14(19)17-12-4-2-3-9(12)13(16)18-20/h5-7,9,12,20H,2-4H2,1H3,(H2,16,18)(H,17,19). The van der Waals surface area contributed by atoms with Crippen molar-refractivity contribution in [2.45, 2.75) is 32.2 Å². The first-order valence-electron chi connectivity index (χ1n) is 6.57. The Bertz CT molecular complexity index is 545. The van der Waals surface area contributed by atoms with E-state index in [2.05, 4.69) is 10.5 Å². The van der Waals surface area contributed by atoms with E-state index in [1.54, 1.807) is 13.0 Å². The number of oxime groups is 1. The number of carbonyl (C=O) groups excluding carboxylic acids is 1. The molecular formula is C14H18FN3O2. The fourth-order valence-corrected chi connectivity index (χ4v) is 2.62. The minimum absolute atomic E-state index is 0.0233. The average molecular weight is 279 g/mol. The lowest BCUT2D eigenvalue weighted by Gasteiger charge is -2.20. The van der Waals surface area contributed by atoms with Gasteiger partial charge in [-0.1, -0.05) is 23.2 Å². The van der Waals surface area contributed by atoms with Crippen LogP contribution in [0.25, 0.3) is 0 Å². The number of halogens is 1. The second kappa shape index (κ2) is 5.90. The molecule has 4 N–H and O–H groups in total. The Labute approximate surface area is 116 Å². The van der Waals surface area contributed by atoms with Crippen molar-refractivity contribution in [3.63, 3.8) is 0 Å². The van der Waals surface area contributed by atoms with E-state index in [1.165, 1.54) is 12.1 Å². The molecule has 1 aliphatic rings. The first kappa shape index (κ1) is 14.3. The van der Waals surface area contributed by atoms with Crippen molar-refractivity contribution in [3.8, 4) is 0 Å². The zero-order chi connectivity index (χ0) is 14.7. The van der Waals surface area contributed by atoms with E-state index >= 15 is 0 Å². The van der Waals surface area contributed by atoms with Gasteiger partial charge in [0.1, 0.15) is 11.7 Å². The topological polar surface area (TPSA) is 87.7 Å². The number of amides is 1. The van der Waals surface area contributed by atoms with Crippen molar-refractivity contribution in [1.82, 2.24) is 5.32 Å². The fraction of sp³-hybridized carbons (Fsp3) is 0.429. The summed E-state index contributed by atoms with van der Waals surface area (Å²) in [4.78, 5) is 12.1. The Kier molecular flexibility index (Phi) is 4.22. The molecule has 2 rings (SSSR count). The minimum atomic E-state index is -0.550. The van der Waals surface area contributed by atoms with Crippen LogP contribution in [-0.2, 0) is 0 Å². The van der Waals surface area contributed by atoms with Gasteiger partial charge in [0, 0.05) is 12.0 Å². The molecule has 1 amide bonds. The number of aryl methyl sites for hydroxylation is 1. The van der Waals surface area contributed by atoms with Crippen molar-refractivity contribution in [3.05, 3.63) is 35.1 Å². The van der Waals surface area contributed by atoms with Crippen LogP contribution in [0.3, 0.4) is 0 Å². The third-order valence-corrected chi connectivity index (χ3v) is 3.69. The molecule has 0 aliphatic heterocycles. The van der Waals surface area contributed by atoms with Crippen LogP contribution in [0.1, 0.15) is 35.2 Å². The van der Waals surface area contributed by atoms with Crippen molar-refractivity contribution in [2.75, 3.05) is 0 Å². The van der Waals surface area contributed by atoms with Gasteiger partial charge < -0.3 is 16.3 Å². The lowest BCUT2D eigenvalue weighted by molar-refractivity contribution is 0.0929. The summed E-state index contributed by atoms with van der Waals surface area (Å²) in [5, 5.41) is 14.5. The van der Waals surface area contributed by atoms with Crippen LogP contribution in [0, 0.1) is 18.7 Å². The molecule has 0 spiro atoms. The highest BCUT2D eigenvalue weighted by molar-refractivity contribution is 5.95. The predicted octanol–water partition coefficient (Wildman–Crippen LogP) is 1.78. The second-order valence-electron chi connectivity index (χ2n) is 5.13. The number of hydrogen-bond acceptors (Lipinski definition) is 3. The number of amidine groups is 1. The molecule has 0 radical (unpaired) electrons. The minimum Gasteiger partial charge on any atom is -0.409 e. The van der Waals surface area contributed by atoms with Crippen LogP contribution in [0.4, 0.5) is 4.39 Å². The molecule has 1 aromatic carbocycles. The smallest absolute Gasteiger partial charge is 0.254 e. The van der Waals surface area contributed by atoms with Crippen LogP contribution < -0.4 is 11.1 Å². The molecule has 5 nitrogen and oxygen atoms in total. The number of rotatable bonds is 3. The van der Waals surface area contributed by atoms with Gasteiger partial charge in [0.15, 0.2) is 0 Å². The second-order valence-corrected chi connectivity index (χ2v) is 5.13. The maximum Gasteiger partial charge on any atom is 0.254 e. The molecule has 0 heterocycles. The quantitative estimate of drug-likeness (QED) is 0.341. The van der Waals surface area contributed by atoms with Gasteiger partial charge in [-0.25, -0.2) is 4.39 Å². The molecule has 6 heteroatoms. The van der Waals surface area contributed by atoms with Gasteiger partial charge in [0.05, 0.1) is 5.56 Å². The Morgan fingerprint density at radius 2 is 2.25 bits per heavy atom. The van der Waals surface area contributed by atoms with E-state index in [4.69, 9.17) is 10.9 Å². The van der Waals surface area contributed by atoms with Gasteiger partial charge in [-0.15, -0.1) is 0 Å². The molecule has 20 heavy (non-hydrogen) atoms. The summed E-state index contributed by atoms with van der Waals surface area (Å²) in [7, 11) is 0. The third kappa shape index (κ3) is 2.89. The van der Waals surface area contributed by atoms with Crippen molar-refractivity contribution < 1.29 is 14.4 Å². The van der Waals surface area contributed by atoms with Crippen LogP contribution in [-0.4, -0.2) is 23.0 Å². The van der Waals surface area contributed by atoms with E-state index in [0.717, 1.165) is 24.8 Å². The van der Waals surface area contributed by atoms with Gasteiger partial charge in [0.2, 0.25) is 0 Å². The zero-order valence-corrected chi connectivity index (χ0v) is 11.3. The molecular weight excluding hydrogens is 261 g/mol. The van der Waals surface area contributed by atoms with Gasteiger partial charge in [0.25, 0.3) is 5.91 Å². The number of nitrogens with zero attached hydrogens (tertiary/aromatic N) is 1. The summed E-state index contributed by atoms with van der Waals surface area (Å²) < 4.78 is 13.7. The number of nitrogens with two attached hydrogens (primary N) is 1. The van der Waals surface area contributed by atoms with Gasteiger partial charge in [-0.05, 0) is 31.9 Å². The Balaban J connectivity index is 2.13. The zero-order valence-electron chi connectivity index (χ0n) is 11.3. The monoisotopic (exact) mass is 279 g/mol. The molecule has 1 fully saturated rings. The van der Waals surface area contributed by atoms with Crippen molar-refractivity contribution >= 4 is 11.7 Å². The van der Waals surface area contributed by atoms with Crippen molar-refractivity contribution in [1.29, 1.82) is 0 Å². The van der Waals surface area contributed by atoms with Gasteiger partial charge in [-0.3, -0.25) is 4.79 Å². The average Bonchev–Trinajstić information content (AvgIpc) is 2.88. The lowest BCUT2D eigenvalue weighted by atomic mass is 10.0. The predicted molar refractivity (Wildman–Crippen MR) is 73.1 cm³/mol. The highest BCUT2D eigenvalue weighted by Gasteiger charge is 2.32. The van der Waals surface area contributed by atoms with Crippen LogP contribution >= 0.6 is 0 Å². The Hall–Kier alpha value is -2.11. The summed E-state index contributed by atoms with van der Waals surface area (Å²) >= 11 is 0.